The minimum Gasteiger partial charge on any atom is -0.497 e. The number of aryl methyl sites for hydroxylation is 1. The molecule has 0 saturated heterocycles. The minimum absolute atomic E-state index is 0.0202. The monoisotopic (exact) mass is 277 g/mol. The second-order valence-corrected chi connectivity index (χ2v) is 5.37. The number of ether oxygens (including phenoxy) is 1. The van der Waals surface area contributed by atoms with Gasteiger partial charge < -0.3 is 15.2 Å². The van der Waals surface area contributed by atoms with E-state index in [-0.39, 0.29) is 18.1 Å². The molecule has 2 rings (SSSR count). The van der Waals surface area contributed by atoms with Gasteiger partial charge in [0.25, 0.3) is 0 Å². The third kappa shape index (κ3) is 4.23. The van der Waals surface area contributed by atoms with Crippen molar-refractivity contribution in [1.29, 1.82) is 0 Å². The number of amides is 1. The maximum absolute atomic E-state index is 11.9. The Labute approximate surface area is 120 Å². The Hall–Kier alpha value is -1.55. The molecule has 2 atom stereocenters. The average molecular weight is 277 g/mol. The Morgan fingerprint density at radius 2 is 2.00 bits per heavy atom. The summed E-state index contributed by atoms with van der Waals surface area (Å²) >= 11 is 0. The molecule has 1 aliphatic carbocycles. The van der Waals surface area contributed by atoms with Crippen molar-refractivity contribution in [2.24, 2.45) is 0 Å². The van der Waals surface area contributed by atoms with Crippen LogP contribution in [0.1, 0.15) is 37.7 Å². The number of aliphatic hydroxyl groups excluding tert-OH is 1. The summed E-state index contributed by atoms with van der Waals surface area (Å²) in [6.07, 6.45) is 4.60. The Kier molecular flexibility index (Phi) is 5.41. The lowest BCUT2D eigenvalue weighted by molar-refractivity contribution is -0.123. The first-order valence-corrected chi connectivity index (χ1v) is 7.29. The Morgan fingerprint density at radius 3 is 2.65 bits per heavy atom. The minimum atomic E-state index is -0.381. The van der Waals surface area contributed by atoms with Gasteiger partial charge in [0.1, 0.15) is 5.75 Å². The van der Waals surface area contributed by atoms with Crippen LogP contribution in [-0.2, 0) is 11.2 Å². The molecule has 4 heteroatoms. The highest BCUT2D eigenvalue weighted by molar-refractivity contribution is 5.76. The molecule has 0 unspecified atom stereocenters. The molecule has 110 valence electrons. The summed E-state index contributed by atoms with van der Waals surface area (Å²) in [7, 11) is 1.64. The molecular formula is C16H23NO3. The molecular weight excluding hydrogens is 254 g/mol. The zero-order valence-electron chi connectivity index (χ0n) is 12.0. The lowest BCUT2D eigenvalue weighted by atomic mass is 9.92. The molecule has 0 aliphatic heterocycles. The van der Waals surface area contributed by atoms with Crippen molar-refractivity contribution in [2.45, 2.75) is 50.7 Å². The van der Waals surface area contributed by atoms with Crippen LogP contribution in [0.5, 0.6) is 5.75 Å². The fourth-order valence-corrected chi connectivity index (χ4v) is 2.61. The molecule has 0 heterocycles. The van der Waals surface area contributed by atoms with Crippen LogP contribution in [-0.4, -0.2) is 30.3 Å². The van der Waals surface area contributed by atoms with Gasteiger partial charge in [-0.3, -0.25) is 4.79 Å². The van der Waals surface area contributed by atoms with Gasteiger partial charge >= 0.3 is 0 Å². The number of hydrogen-bond acceptors (Lipinski definition) is 3. The van der Waals surface area contributed by atoms with Gasteiger partial charge in [-0.15, -0.1) is 0 Å². The lowest BCUT2D eigenvalue weighted by Crippen LogP contribution is -2.45. The number of methoxy groups -OCH3 is 1. The highest BCUT2D eigenvalue weighted by Crippen LogP contribution is 2.18. The first kappa shape index (κ1) is 14.9. The molecule has 1 aliphatic rings. The Morgan fingerprint density at radius 1 is 1.30 bits per heavy atom. The van der Waals surface area contributed by atoms with E-state index in [9.17, 15) is 9.90 Å². The third-order valence-electron chi connectivity index (χ3n) is 3.88. The van der Waals surface area contributed by atoms with Crippen LogP contribution in [0.25, 0.3) is 0 Å². The summed E-state index contributed by atoms with van der Waals surface area (Å²) in [6.45, 7) is 0. The number of hydrogen-bond donors (Lipinski definition) is 2. The summed E-state index contributed by atoms with van der Waals surface area (Å²) in [5.41, 5.74) is 1.12. The third-order valence-corrected chi connectivity index (χ3v) is 3.88. The topological polar surface area (TPSA) is 58.6 Å². The molecule has 0 bridgehead atoms. The molecule has 20 heavy (non-hydrogen) atoms. The average Bonchev–Trinajstić information content (AvgIpc) is 2.48. The number of aliphatic hydroxyl groups is 1. The zero-order valence-corrected chi connectivity index (χ0v) is 12.0. The smallest absolute Gasteiger partial charge is 0.220 e. The quantitative estimate of drug-likeness (QED) is 0.866. The van der Waals surface area contributed by atoms with Crippen LogP contribution in [0.4, 0.5) is 0 Å². The van der Waals surface area contributed by atoms with Crippen molar-refractivity contribution in [2.75, 3.05) is 7.11 Å². The van der Waals surface area contributed by atoms with Crippen LogP contribution in [0.2, 0.25) is 0 Å². The molecule has 1 aromatic rings. The van der Waals surface area contributed by atoms with E-state index in [0.29, 0.717) is 12.8 Å². The van der Waals surface area contributed by atoms with E-state index in [2.05, 4.69) is 5.32 Å². The summed E-state index contributed by atoms with van der Waals surface area (Å²) in [6, 6.07) is 7.69. The van der Waals surface area contributed by atoms with E-state index >= 15 is 0 Å². The van der Waals surface area contributed by atoms with Crippen LogP contribution < -0.4 is 10.1 Å². The Bertz CT molecular complexity index is 430. The first-order valence-electron chi connectivity index (χ1n) is 7.29. The van der Waals surface area contributed by atoms with Crippen molar-refractivity contribution < 1.29 is 14.6 Å². The summed E-state index contributed by atoms with van der Waals surface area (Å²) in [4.78, 5) is 11.9. The molecule has 2 N–H and O–H groups in total. The normalized spacial score (nSPS) is 22.3. The van der Waals surface area contributed by atoms with Gasteiger partial charge in [0, 0.05) is 6.42 Å². The van der Waals surface area contributed by atoms with E-state index in [4.69, 9.17) is 4.74 Å². The van der Waals surface area contributed by atoms with E-state index in [0.717, 1.165) is 37.0 Å². The van der Waals surface area contributed by atoms with E-state index in [1.54, 1.807) is 7.11 Å². The van der Waals surface area contributed by atoms with Gasteiger partial charge in [0.2, 0.25) is 5.91 Å². The van der Waals surface area contributed by atoms with Crippen molar-refractivity contribution >= 4 is 5.91 Å². The van der Waals surface area contributed by atoms with Gasteiger partial charge in [-0.1, -0.05) is 25.0 Å². The highest BCUT2D eigenvalue weighted by Gasteiger charge is 2.24. The summed E-state index contributed by atoms with van der Waals surface area (Å²) in [5.74, 6) is 0.843. The maximum atomic E-state index is 11.9. The number of benzene rings is 1. The largest absolute Gasteiger partial charge is 0.497 e. The van der Waals surface area contributed by atoms with Crippen molar-refractivity contribution in [3.8, 4) is 5.75 Å². The van der Waals surface area contributed by atoms with Crippen LogP contribution >= 0.6 is 0 Å². The van der Waals surface area contributed by atoms with Crippen molar-refractivity contribution in [3.05, 3.63) is 29.8 Å². The highest BCUT2D eigenvalue weighted by atomic mass is 16.5. The second-order valence-electron chi connectivity index (χ2n) is 5.37. The van der Waals surface area contributed by atoms with E-state index in [1.807, 2.05) is 24.3 Å². The number of nitrogens with one attached hydrogen (secondary N) is 1. The van der Waals surface area contributed by atoms with Crippen molar-refractivity contribution in [1.82, 2.24) is 5.32 Å². The van der Waals surface area contributed by atoms with E-state index in [1.165, 1.54) is 0 Å². The Balaban J connectivity index is 1.76. The van der Waals surface area contributed by atoms with Crippen molar-refractivity contribution in [3.63, 3.8) is 0 Å². The van der Waals surface area contributed by atoms with Gasteiger partial charge in [0.15, 0.2) is 0 Å². The summed E-state index contributed by atoms with van der Waals surface area (Å²) < 4.78 is 5.10. The molecule has 1 saturated carbocycles. The molecule has 1 fully saturated rings. The van der Waals surface area contributed by atoms with Crippen LogP contribution in [0.15, 0.2) is 24.3 Å². The maximum Gasteiger partial charge on any atom is 0.220 e. The van der Waals surface area contributed by atoms with Gasteiger partial charge in [0.05, 0.1) is 19.3 Å². The predicted octanol–water partition coefficient (Wildman–Crippen LogP) is 2.05. The standard InChI is InChI=1S/C16H23NO3/c1-20-13-9-6-12(7-10-13)8-11-16(19)17-14-4-2-3-5-15(14)18/h6-7,9-10,14-15,18H,2-5,8,11H2,1H3,(H,17,19)/t14-,15-/m1/s1. The van der Waals surface area contributed by atoms with Crippen LogP contribution in [0, 0.1) is 0 Å². The fourth-order valence-electron chi connectivity index (χ4n) is 2.61. The second kappa shape index (κ2) is 7.29. The number of carbonyl (C=O) groups is 1. The molecule has 0 aromatic heterocycles. The predicted molar refractivity (Wildman–Crippen MR) is 77.7 cm³/mol. The van der Waals surface area contributed by atoms with E-state index < -0.39 is 0 Å². The number of carbonyl (C=O) groups excluding carboxylic acids is 1. The molecule has 1 aromatic carbocycles. The van der Waals surface area contributed by atoms with Gasteiger partial charge in [-0.25, -0.2) is 0 Å². The molecule has 0 spiro atoms. The van der Waals surface area contributed by atoms with Crippen LogP contribution in [0.3, 0.4) is 0 Å². The zero-order chi connectivity index (χ0) is 14.4. The lowest BCUT2D eigenvalue weighted by Gasteiger charge is -2.28. The SMILES string of the molecule is COc1ccc(CCC(=O)N[C@@H]2CCCC[C@H]2O)cc1. The fraction of sp³-hybridized carbons (Fsp3) is 0.562. The molecule has 1 amide bonds. The molecule has 4 nitrogen and oxygen atoms in total. The number of rotatable bonds is 5. The summed E-state index contributed by atoms with van der Waals surface area (Å²) in [5, 5.41) is 12.8. The molecule has 0 radical (unpaired) electrons. The van der Waals surface area contributed by atoms with Gasteiger partial charge in [-0.2, -0.15) is 0 Å². The first-order chi connectivity index (χ1) is 9.69. The van der Waals surface area contributed by atoms with Gasteiger partial charge in [-0.05, 0) is 37.0 Å².